The number of hydrogen-bond acceptors (Lipinski definition) is 8. The minimum absolute atomic E-state index is 0.000891. The molecule has 12 nitrogen and oxygen atoms in total. The molecule has 6 rings (SSSR count). The fourth-order valence-corrected chi connectivity index (χ4v) is 6.35. The maximum Gasteiger partial charge on any atom is 0.416 e. The van der Waals surface area contributed by atoms with Crippen LogP contribution in [0.2, 0.25) is 5.02 Å². The standard InChI is InChI=1S/C32H31ClF3N7O5.C2H6/c1-2-41(30(47)27-24(44)4-3-12-37-27)13-9-18-5-8-23-26(18)29(46)43-31(39-28(40-43)19-10-14-48-15-11-19)42(23)17-25(45)38-22-7-6-20(16-21(22)33)32(34,35)36;1-2/h3-4,6-7,10,12,16,18,44H,2,5,8-9,11,13-15,17H2,1H3,(H,38,45);1-2H3. The van der Waals surface area contributed by atoms with E-state index in [9.17, 15) is 32.7 Å². The van der Waals surface area contributed by atoms with Gasteiger partial charge in [0.1, 0.15) is 12.3 Å². The molecule has 2 amide bonds. The number of alkyl halides is 3. The molecule has 50 heavy (non-hydrogen) atoms. The van der Waals surface area contributed by atoms with E-state index >= 15 is 0 Å². The van der Waals surface area contributed by atoms with E-state index < -0.39 is 23.6 Å². The Morgan fingerprint density at radius 2 is 1.98 bits per heavy atom. The van der Waals surface area contributed by atoms with Crippen LogP contribution in [0.1, 0.15) is 79.1 Å². The second kappa shape index (κ2) is 15.4. The summed E-state index contributed by atoms with van der Waals surface area (Å²) in [7, 11) is 0. The number of anilines is 1. The predicted molar refractivity (Wildman–Crippen MR) is 180 cm³/mol. The molecule has 0 radical (unpaired) electrons. The summed E-state index contributed by atoms with van der Waals surface area (Å²) in [6.07, 6.45) is 0.591. The normalized spacial score (nSPS) is 15.6. The van der Waals surface area contributed by atoms with Crippen LogP contribution in [0.4, 0.5) is 18.9 Å². The van der Waals surface area contributed by atoms with Gasteiger partial charge in [0.05, 0.1) is 29.5 Å². The third kappa shape index (κ3) is 7.53. The highest BCUT2D eigenvalue weighted by molar-refractivity contribution is 6.33. The van der Waals surface area contributed by atoms with Crippen LogP contribution in [0, 0.1) is 0 Å². The zero-order valence-electron chi connectivity index (χ0n) is 27.8. The van der Waals surface area contributed by atoms with Crippen LogP contribution < -0.4 is 10.9 Å². The van der Waals surface area contributed by atoms with Crippen LogP contribution in [0.25, 0.3) is 11.4 Å². The lowest BCUT2D eigenvalue weighted by atomic mass is 9.99. The molecule has 266 valence electrons. The van der Waals surface area contributed by atoms with Gasteiger partial charge in [-0.1, -0.05) is 31.5 Å². The minimum atomic E-state index is -4.60. The molecular formula is C34H37ClF3N7O5. The number of hydrogen-bond donors (Lipinski definition) is 2. The number of carbonyl (C=O) groups is 2. The molecule has 0 saturated carbocycles. The molecule has 16 heteroatoms. The van der Waals surface area contributed by atoms with Crippen molar-refractivity contribution in [2.75, 3.05) is 31.6 Å². The Bertz CT molecular complexity index is 1990. The molecule has 1 aliphatic heterocycles. The van der Waals surface area contributed by atoms with Crippen LogP contribution in [0.5, 0.6) is 5.75 Å². The van der Waals surface area contributed by atoms with Gasteiger partial charge in [-0.3, -0.25) is 14.4 Å². The molecule has 0 saturated heterocycles. The van der Waals surface area contributed by atoms with Crippen molar-refractivity contribution in [1.82, 2.24) is 29.0 Å². The number of amides is 2. The maximum atomic E-state index is 14.0. The number of nitrogens with one attached hydrogen (secondary N) is 1. The third-order valence-electron chi connectivity index (χ3n) is 8.56. The van der Waals surface area contributed by atoms with Crippen molar-refractivity contribution < 1.29 is 32.6 Å². The Morgan fingerprint density at radius 3 is 2.64 bits per heavy atom. The summed E-state index contributed by atoms with van der Waals surface area (Å²) in [5, 5.41) is 17.0. The van der Waals surface area contributed by atoms with Gasteiger partial charge in [-0.15, -0.1) is 5.10 Å². The molecule has 4 heterocycles. The molecule has 1 aromatic carbocycles. The summed E-state index contributed by atoms with van der Waals surface area (Å²) in [6, 6.07) is 5.56. The third-order valence-corrected chi connectivity index (χ3v) is 8.87. The maximum absolute atomic E-state index is 14.0. The van der Waals surface area contributed by atoms with E-state index in [0.29, 0.717) is 62.5 Å². The quantitative estimate of drug-likeness (QED) is 0.224. The first-order valence-corrected chi connectivity index (χ1v) is 16.7. The molecule has 1 unspecified atom stereocenters. The Labute approximate surface area is 290 Å². The molecule has 4 aromatic rings. The van der Waals surface area contributed by atoms with Crippen LogP contribution in [0.15, 0.2) is 47.4 Å². The monoisotopic (exact) mass is 715 g/mol. The summed E-state index contributed by atoms with van der Waals surface area (Å²) in [6.45, 7) is 6.93. The average Bonchev–Trinajstić information content (AvgIpc) is 3.75. The number of carbonyl (C=O) groups excluding carboxylic acids is 2. The number of nitrogens with zero attached hydrogens (tertiary/aromatic N) is 6. The lowest BCUT2D eigenvalue weighted by Gasteiger charge is -2.23. The van der Waals surface area contributed by atoms with Gasteiger partial charge < -0.3 is 24.6 Å². The molecule has 2 aliphatic rings. The zero-order chi connectivity index (χ0) is 36.2. The molecule has 3 aromatic heterocycles. The number of pyridine rings is 1. The van der Waals surface area contributed by atoms with Crippen LogP contribution in [-0.2, 0) is 28.7 Å². The van der Waals surface area contributed by atoms with Crippen molar-refractivity contribution in [2.24, 2.45) is 0 Å². The zero-order valence-corrected chi connectivity index (χ0v) is 28.5. The second-order valence-electron chi connectivity index (χ2n) is 11.5. The number of ether oxygens (including phenoxy) is 1. The summed E-state index contributed by atoms with van der Waals surface area (Å²) >= 11 is 6.09. The smallest absolute Gasteiger partial charge is 0.416 e. The van der Waals surface area contributed by atoms with Crippen molar-refractivity contribution in [3.63, 3.8) is 0 Å². The highest BCUT2D eigenvalue weighted by Crippen LogP contribution is 2.36. The number of fused-ring (bicyclic) bond motifs is 2. The van der Waals surface area contributed by atoms with Gasteiger partial charge in [-0.05, 0) is 74.4 Å². The van der Waals surface area contributed by atoms with E-state index in [-0.39, 0.29) is 52.5 Å². The Hall–Kier alpha value is -4.76. The van der Waals surface area contributed by atoms with Crippen molar-refractivity contribution in [3.8, 4) is 5.75 Å². The van der Waals surface area contributed by atoms with Gasteiger partial charge in [-0.25, -0.2) is 4.98 Å². The first-order chi connectivity index (χ1) is 24.0. The van der Waals surface area contributed by atoms with E-state index in [1.165, 1.54) is 22.8 Å². The molecule has 0 spiro atoms. The van der Waals surface area contributed by atoms with Gasteiger partial charge in [0.15, 0.2) is 11.5 Å². The largest absolute Gasteiger partial charge is 0.505 e. The van der Waals surface area contributed by atoms with Gasteiger partial charge in [0.2, 0.25) is 11.7 Å². The topological polar surface area (TPSA) is 144 Å². The highest BCUT2D eigenvalue weighted by Gasteiger charge is 2.34. The summed E-state index contributed by atoms with van der Waals surface area (Å²) < 4.78 is 47.6. The van der Waals surface area contributed by atoms with Gasteiger partial charge in [0, 0.05) is 30.5 Å². The summed E-state index contributed by atoms with van der Waals surface area (Å²) in [5.74, 6) is -1.08. The van der Waals surface area contributed by atoms with E-state index in [1.807, 2.05) is 19.9 Å². The van der Waals surface area contributed by atoms with Crippen molar-refractivity contribution in [2.45, 2.75) is 65.1 Å². The fourth-order valence-electron chi connectivity index (χ4n) is 6.13. The van der Waals surface area contributed by atoms with Crippen LogP contribution in [-0.4, -0.2) is 72.3 Å². The van der Waals surface area contributed by atoms with Crippen molar-refractivity contribution in [1.29, 1.82) is 0 Å². The first kappa shape index (κ1) is 36.5. The summed E-state index contributed by atoms with van der Waals surface area (Å²) in [4.78, 5) is 50.7. The predicted octanol–water partition coefficient (Wildman–Crippen LogP) is 5.71. The summed E-state index contributed by atoms with van der Waals surface area (Å²) in [5.41, 5.74) is 0.435. The molecule has 0 bridgehead atoms. The average molecular weight is 716 g/mol. The SMILES string of the molecule is CC.CCN(CCC1CCc2c1c(=O)n1nc(C3=CCOCC3)nc1n2CC(=O)Nc1ccc(C(F)(F)F)cc1Cl)C(=O)c1ncccc1O. The molecule has 1 aliphatic carbocycles. The van der Waals surface area contributed by atoms with Gasteiger partial charge in [-0.2, -0.15) is 22.7 Å². The van der Waals surface area contributed by atoms with E-state index in [2.05, 4.69) is 20.4 Å². The number of aromatic nitrogens is 5. The van der Waals surface area contributed by atoms with Crippen molar-refractivity contribution >= 4 is 40.5 Å². The Morgan fingerprint density at radius 1 is 1.20 bits per heavy atom. The number of rotatable bonds is 9. The van der Waals surface area contributed by atoms with Gasteiger partial charge >= 0.3 is 6.18 Å². The number of halogens is 4. The molecule has 1 atom stereocenters. The van der Waals surface area contributed by atoms with Gasteiger partial charge in [0.25, 0.3) is 11.5 Å². The van der Waals surface area contributed by atoms with E-state index in [0.717, 1.165) is 23.8 Å². The molecule has 2 N–H and O–H groups in total. The van der Waals surface area contributed by atoms with Crippen LogP contribution in [0.3, 0.4) is 0 Å². The number of benzene rings is 1. The van der Waals surface area contributed by atoms with Crippen molar-refractivity contribution in [3.05, 3.63) is 86.3 Å². The Kier molecular flexibility index (Phi) is 11.3. The second-order valence-corrected chi connectivity index (χ2v) is 11.9. The van der Waals surface area contributed by atoms with Crippen LogP contribution >= 0.6 is 11.6 Å². The number of aromatic hydroxyl groups is 1. The first-order valence-electron chi connectivity index (χ1n) is 16.4. The molecular weight excluding hydrogens is 679 g/mol. The lowest BCUT2D eigenvalue weighted by molar-refractivity contribution is -0.137. The highest BCUT2D eigenvalue weighted by atomic mass is 35.5. The van der Waals surface area contributed by atoms with E-state index in [4.69, 9.17) is 16.3 Å². The molecule has 0 fully saturated rings. The van der Waals surface area contributed by atoms with E-state index in [1.54, 1.807) is 16.4 Å². The lowest BCUT2D eigenvalue weighted by Crippen LogP contribution is -2.34. The Balaban J connectivity index is 0.00000239. The fraction of sp³-hybridized carbons (Fsp3) is 0.412. The minimum Gasteiger partial charge on any atom is -0.505 e.